The summed E-state index contributed by atoms with van der Waals surface area (Å²) in [6.07, 6.45) is 0. The lowest BCUT2D eigenvalue weighted by atomic mass is 10.1. The number of halogens is 1. The lowest BCUT2D eigenvalue weighted by Crippen LogP contribution is -2.22. The first-order chi connectivity index (χ1) is 9.47. The number of hydrogen-bond donors (Lipinski definition) is 1. The summed E-state index contributed by atoms with van der Waals surface area (Å²) in [5.74, 6) is 1.63. The van der Waals surface area contributed by atoms with E-state index in [0.29, 0.717) is 5.89 Å². The Balaban J connectivity index is 2.02. The normalized spacial score (nSPS) is 14.5. The lowest BCUT2D eigenvalue weighted by Gasteiger charge is -2.17. The molecule has 0 unspecified atom stereocenters. The molecule has 2 rings (SSSR count). The van der Waals surface area contributed by atoms with Crippen LogP contribution >= 0.6 is 11.6 Å². The molecule has 0 saturated heterocycles. The highest BCUT2D eigenvalue weighted by molar-refractivity contribution is 6.30. The summed E-state index contributed by atoms with van der Waals surface area (Å²) in [5, 5.41) is 8.17. The van der Waals surface area contributed by atoms with Crippen LogP contribution in [0.2, 0.25) is 5.02 Å². The van der Waals surface area contributed by atoms with Gasteiger partial charge < -0.3 is 4.52 Å². The van der Waals surface area contributed by atoms with Crippen LogP contribution < -0.4 is 5.32 Å². The molecule has 0 aliphatic carbocycles. The van der Waals surface area contributed by atoms with Crippen molar-refractivity contribution in [2.24, 2.45) is 0 Å². The highest BCUT2D eigenvalue weighted by atomic mass is 35.5. The van der Waals surface area contributed by atoms with Crippen LogP contribution in [0.25, 0.3) is 0 Å². The molecular weight excluding hydrogens is 274 g/mol. The minimum atomic E-state index is 0.000628. The first-order valence-electron chi connectivity index (χ1n) is 6.82. The standard InChI is InChI=1S/C15H20ClN3O/c1-9(2)14-18-15(20-19-14)11(4)17-10(3)12-5-7-13(16)8-6-12/h5-11,17H,1-4H3/t10-,11+/m0/s1. The minimum Gasteiger partial charge on any atom is -0.338 e. The summed E-state index contributed by atoms with van der Waals surface area (Å²) in [6.45, 7) is 8.20. The van der Waals surface area contributed by atoms with Crippen molar-refractivity contribution in [2.75, 3.05) is 0 Å². The maximum absolute atomic E-state index is 5.90. The second-order valence-corrected chi connectivity index (χ2v) is 5.74. The summed E-state index contributed by atoms with van der Waals surface area (Å²) in [7, 11) is 0. The average Bonchev–Trinajstić information content (AvgIpc) is 2.89. The van der Waals surface area contributed by atoms with Gasteiger partial charge in [0.05, 0.1) is 6.04 Å². The van der Waals surface area contributed by atoms with E-state index < -0.39 is 0 Å². The van der Waals surface area contributed by atoms with E-state index in [0.717, 1.165) is 10.8 Å². The van der Waals surface area contributed by atoms with Gasteiger partial charge >= 0.3 is 0 Å². The van der Waals surface area contributed by atoms with Crippen LogP contribution in [0.5, 0.6) is 0 Å². The molecule has 1 aromatic carbocycles. The second-order valence-electron chi connectivity index (χ2n) is 5.31. The molecule has 0 radical (unpaired) electrons. The van der Waals surface area contributed by atoms with Gasteiger partial charge in [-0.3, -0.25) is 5.32 Å². The number of hydrogen-bond acceptors (Lipinski definition) is 4. The lowest BCUT2D eigenvalue weighted by molar-refractivity contribution is 0.324. The zero-order valence-corrected chi connectivity index (χ0v) is 13.0. The maximum Gasteiger partial charge on any atom is 0.243 e. The van der Waals surface area contributed by atoms with E-state index in [4.69, 9.17) is 16.1 Å². The fraction of sp³-hybridized carbons (Fsp3) is 0.467. The Labute approximate surface area is 124 Å². The van der Waals surface area contributed by atoms with Crippen LogP contribution in [0.1, 0.15) is 63.0 Å². The van der Waals surface area contributed by atoms with Gasteiger partial charge in [-0.05, 0) is 31.5 Å². The molecule has 20 heavy (non-hydrogen) atoms. The van der Waals surface area contributed by atoms with Crippen molar-refractivity contribution in [3.8, 4) is 0 Å². The van der Waals surface area contributed by atoms with Crippen molar-refractivity contribution < 1.29 is 4.52 Å². The molecule has 1 heterocycles. The summed E-state index contributed by atoms with van der Waals surface area (Å²) < 4.78 is 5.30. The topological polar surface area (TPSA) is 51.0 Å². The largest absolute Gasteiger partial charge is 0.338 e. The zero-order valence-electron chi connectivity index (χ0n) is 12.2. The maximum atomic E-state index is 5.90. The molecule has 5 heteroatoms. The third kappa shape index (κ3) is 3.58. The Hall–Kier alpha value is -1.39. The first-order valence-corrected chi connectivity index (χ1v) is 7.20. The van der Waals surface area contributed by atoms with Gasteiger partial charge in [-0.15, -0.1) is 0 Å². The Morgan fingerprint density at radius 2 is 1.70 bits per heavy atom. The van der Waals surface area contributed by atoms with E-state index in [1.807, 2.05) is 45.0 Å². The van der Waals surface area contributed by atoms with Crippen LogP contribution in [-0.4, -0.2) is 10.1 Å². The molecule has 0 fully saturated rings. The van der Waals surface area contributed by atoms with E-state index in [1.165, 1.54) is 5.56 Å². The molecule has 4 nitrogen and oxygen atoms in total. The first kappa shape index (κ1) is 15.0. The zero-order chi connectivity index (χ0) is 14.7. The molecule has 0 amide bonds. The molecular formula is C15H20ClN3O. The van der Waals surface area contributed by atoms with E-state index in [9.17, 15) is 0 Å². The summed E-state index contributed by atoms with van der Waals surface area (Å²) >= 11 is 5.90. The van der Waals surface area contributed by atoms with Gasteiger partial charge in [0.15, 0.2) is 5.82 Å². The van der Waals surface area contributed by atoms with E-state index in [2.05, 4.69) is 22.4 Å². The SMILES string of the molecule is CC(C)c1noc([C@@H](C)N[C@@H](C)c2ccc(Cl)cc2)n1. The second kappa shape index (κ2) is 6.37. The highest BCUT2D eigenvalue weighted by Crippen LogP contribution is 2.21. The average molecular weight is 294 g/mol. The van der Waals surface area contributed by atoms with Gasteiger partial charge in [-0.1, -0.05) is 42.7 Å². The van der Waals surface area contributed by atoms with Gasteiger partial charge in [-0.25, -0.2) is 0 Å². The number of nitrogens with zero attached hydrogens (tertiary/aromatic N) is 2. The molecule has 1 aromatic heterocycles. The van der Waals surface area contributed by atoms with Crippen molar-refractivity contribution in [3.05, 3.63) is 46.6 Å². The van der Waals surface area contributed by atoms with E-state index in [1.54, 1.807) is 0 Å². The highest BCUT2D eigenvalue weighted by Gasteiger charge is 2.18. The number of rotatable bonds is 5. The number of benzene rings is 1. The Morgan fingerprint density at radius 1 is 1.05 bits per heavy atom. The van der Waals surface area contributed by atoms with Gasteiger partial charge in [0.1, 0.15) is 0 Å². The Morgan fingerprint density at radius 3 is 2.25 bits per heavy atom. The van der Waals surface area contributed by atoms with Gasteiger partial charge in [0, 0.05) is 17.0 Å². The predicted octanol–water partition coefficient (Wildman–Crippen LogP) is 4.26. The predicted molar refractivity (Wildman–Crippen MR) is 79.8 cm³/mol. The summed E-state index contributed by atoms with van der Waals surface area (Å²) in [6, 6.07) is 7.99. The third-order valence-corrected chi connectivity index (χ3v) is 3.47. The molecule has 2 aromatic rings. The van der Waals surface area contributed by atoms with E-state index >= 15 is 0 Å². The fourth-order valence-corrected chi connectivity index (χ4v) is 2.08. The van der Waals surface area contributed by atoms with Crippen molar-refractivity contribution in [2.45, 2.75) is 45.7 Å². The molecule has 0 saturated carbocycles. The Kier molecular flexibility index (Phi) is 4.78. The molecule has 0 aliphatic heterocycles. The van der Waals surface area contributed by atoms with Crippen LogP contribution in [0.3, 0.4) is 0 Å². The van der Waals surface area contributed by atoms with Crippen molar-refractivity contribution in [1.82, 2.24) is 15.5 Å². The smallest absolute Gasteiger partial charge is 0.243 e. The Bertz CT molecular complexity index is 551. The van der Waals surface area contributed by atoms with Gasteiger partial charge in [0.25, 0.3) is 0 Å². The molecule has 1 N–H and O–H groups in total. The number of nitrogens with one attached hydrogen (secondary N) is 1. The quantitative estimate of drug-likeness (QED) is 0.895. The van der Waals surface area contributed by atoms with Crippen molar-refractivity contribution in [1.29, 1.82) is 0 Å². The van der Waals surface area contributed by atoms with Crippen molar-refractivity contribution in [3.63, 3.8) is 0 Å². The van der Waals surface area contributed by atoms with E-state index in [-0.39, 0.29) is 18.0 Å². The van der Waals surface area contributed by atoms with Crippen molar-refractivity contribution >= 4 is 11.6 Å². The number of aromatic nitrogens is 2. The molecule has 108 valence electrons. The third-order valence-electron chi connectivity index (χ3n) is 3.21. The molecule has 0 spiro atoms. The van der Waals surface area contributed by atoms with Crippen LogP contribution in [0.15, 0.2) is 28.8 Å². The monoisotopic (exact) mass is 293 g/mol. The molecule has 0 bridgehead atoms. The van der Waals surface area contributed by atoms with Gasteiger partial charge in [0.2, 0.25) is 5.89 Å². The summed E-state index contributed by atoms with van der Waals surface area (Å²) in [5.41, 5.74) is 1.17. The summed E-state index contributed by atoms with van der Waals surface area (Å²) in [4.78, 5) is 4.41. The molecule has 0 aliphatic rings. The van der Waals surface area contributed by atoms with Gasteiger partial charge in [-0.2, -0.15) is 4.98 Å². The van der Waals surface area contributed by atoms with Crippen LogP contribution in [0.4, 0.5) is 0 Å². The molecule has 2 atom stereocenters. The van der Waals surface area contributed by atoms with Crippen LogP contribution in [-0.2, 0) is 0 Å². The fourth-order valence-electron chi connectivity index (χ4n) is 1.95. The van der Waals surface area contributed by atoms with Crippen LogP contribution in [0, 0.1) is 0 Å². The minimum absolute atomic E-state index is 0.000628.